The Hall–Kier alpha value is -3.24. The molecule has 0 amide bonds. The maximum atomic E-state index is 11.8. The zero-order valence-corrected chi connectivity index (χ0v) is 14.6. The van der Waals surface area contributed by atoms with Gasteiger partial charge in [-0.1, -0.05) is 23.2 Å². The van der Waals surface area contributed by atoms with Gasteiger partial charge in [0, 0.05) is 22.2 Å². The van der Waals surface area contributed by atoms with Gasteiger partial charge in [-0.3, -0.25) is 29.8 Å². The molecule has 0 heterocycles. The fourth-order valence-corrected chi connectivity index (χ4v) is 2.21. The molecule has 12 heteroatoms. The molecule has 2 aromatic rings. The molecule has 0 aliphatic carbocycles. The smallest absolute Gasteiger partial charge is 0.322 e. The van der Waals surface area contributed by atoms with Crippen LogP contribution in [0.1, 0.15) is 6.42 Å². The maximum absolute atomic E-state index is 11.8. The number of hydrogen-bond donors (Lipinski definition) is 0. The van der Waals surface area contributed by atoms with Gasteiger partial charge in [-0.25, -0.2) is 0 Å². The van der Waals surface area contributed by atoms with E-state index in [9.17, 15) is 29.8 Å². The fraction of sp³-hybridized carbons (Fsp3) is 0.0667. The second-order valence-corrected chi connectivity index (χ2v) is 5.74. The fourth-order valence-electron chi connectivity index (χ4n) is 1.87. The lowest BCUT2D eigenvalue weighted by molar-refractivity contribution is -0.385. The van der Waals surface area contributed by atoms with E-state index >= 15 is 0 Å². The van der Waals surface area contributed by atoms with E-state index in [0.717, 1.165) is 24.3 Å². The number of carbonyl (C=O) groups excluding carboxylic acids is 2. The molecule has 27 heavy (non-hydrogen) atoms. The van der Waals surface area contributed by atoms with E-state index < -0.39 is 51.1 Å². The summed E-state index contributed by atoms with van der Waals surface area (Å²) in [5.74, 6) is -3.16. The first-order chi connectivity index (χ1) is 12.7. The van der Waals surface area contributed by atoms with Gasteiger partial charge in [-0.2, -0.15) is 0 Å². The van der Waals surface area contributed by atoms with Crippen molar-refractivity contribution in [2.75, 3.05) is 0 Å². The predicted molar refractivity (Wildman–Crippen MR) is 92.1 cm³/mol. The minimum absolute atomic E-state index is 0.0518. The van der Waals surface area contributed by atoms with Crippen LogP contribution in [0.5, 0.6) is 11.5 Å². The van der Waals surface area contributed by atoms with E-state index in [1.165, 1.54) is 12.1 Å². The summed E-state index contributed by atoms with van der Waals surface area (Å²) in [6, 6.07) is 6.64. The zero-order valence-electron chi connectivity index (χ0n) is 13.1. The second-order valence-electron chi connectivity index (χ2n) is 4.86. The minimum atomic E-state index is -1.16. The van der Waals surface area contributed by atoms with Crippen molar-refractivity contribution in [2.45, 2.75) is 6.42 Å². The van der Waals surface area contributed by atoms with E-state index in [1.54, 1.807) is 0 Å². The number of halogens is 2. The number of ether oxygens (including phenoxy) is 2. The summed E-state index contributed by atoms with van der Waals surface area (Å²) in [5, 5.41) is 22.0. The van der Waals surface area contributed by atoms with Crippen molar-refractivity contribution in [3.8, 4) is 11.5 Å². The van der Waals surface area contributed by atoms with Crippen molar-refractivity contribution < 1.29 is 28.9 Å². The van der Waals surface area contributed by atoms with E-state index in [4.69, 9.17) is 32.7 Å². The second kappa shape index (κ2) is 8.43. The third-order valence-corrected chi connectivity index (χ3v) is 3.44. The number of carbonyl (C=O) groups is 2. The van der Waals surface area contributed by atoms with Gasteiger partial charge >= 0.3 is 23.3 Å². The van der Waals surface area contributed by atoms with Crippen LogP contribution in [-0.4, -0.2) is 21.8 Å². The third kappa shape index (κ3) is 5.36. The van der Waals surface area contributed by atoms with E-state index in [2.05, 4.69) is 0 Å². The van der Waals surface area contributed by atoms with Gasteiger partial charge < -0.3 is 9.47 Å². The molecule has 0 fully saturated rings. The maximum Gasteiger partial charge on any atom is 0.322 e. The summed E-state index contributed by atoms with van der Waals surface area (Å²) in [5.41, 5.74) is -1.14. The van der Waals surface area contributed by atoms with Crippen LogP contribution in [0.3, 0.4) is 0 Å². The van der Waals surface area contributed by atoms with Crippen molar-refractivity contribution in [3.05, 3.63) is 66.7 Å². The number of nitrogens with zero attached hydrogens (tertiary/aromatic N) is 2. The molecule has 0 saturated heterocycles. The molecule has 0 aliphatic rings. The van der Waals surface area contributed by atoms with E-state index in [0.29, 0.717) is 0 Å². The van der Waals surface area contributed by atoms with E-state index in [-0.39, 0.29) is 10.0 Å². The lowest BCUT2D eigenvalue weighted by Crippen LogP contribution is -2.18. The Labute approximate surface area is 160 Å². The quantitative estimate of drug-likeness (QED) is 0.229. The normalized spacial score (nSPS) is 10.1. The first kappa shape index (κ1) is 20.1. The number of hydrogen-bond acceptors (Lipinski definition) is 8. The van der Waals surface area contributed by atoms with Crippen molar-refractivity contribution in [1.82, 2.24) is 0 Å². The molecule has 0 aliphatic heterocycles. The van der Waals surface area contributed by atoms with Crippen molar-refractivity contribution >= 4 is 46.5 Å². The Morgan fingerprint density at radius 3 is 1.52 bits per heavy atom. The number of benzene rings is 2. The van der Waals surface area contributed by atoms with Gasteiger partial charge in [-0.15, -0.1) is 0 Å². The van der Waals surface area contributed by atoms with Gasteiger partial charge in [0.05, 0.1) is 9.85 Å². The molecule has 0 saturated carbocycles. The average Bonchev–Trinajstić information content (AvgIpc) is 2.57. The Morgan fingerprint density at radius 1 is 0.815 bits per heavy atom. The molecule has 0 spiro atoms. The molecule has 2 aromatic carbocycles. The van der Waals surface area contributed by atoms with Crippen LogP contribution in [0.2, 0.25) is 10.0 Å². The van der Waals surface area contributed by atoms with Crippen LogP contribution in [0.15, 0.2) is 36.4 Å². The Morgan fingerprint density at radius 2 is 1.19 bits per heavy atom. The summed E-state index contributed by atoms with van der Waals surface area (Å²) < 4.78 is 9.54. The molecule has 0 radical (unpaired) electrons. The number of rotatable bonds is 6. The lowest BCUT2D eigenvalue weighted by Gasteiger charge is -2.06. The number of esters is 2. The third-order valence-electron chi connectivity index (χ3n) is 2.97. The summed E-state index contributed by atoms with van der Waals surface area (Å²) in [4.78, 5) is 43.9. The van der Waals surface area contributed by atoms with Crippen LogP contribution in [-0.2, 0) is 9.59 Å². The van der Waals surface area contributed by atoms with Crippen LogP contribution in [0, 0.1) is 20.2 Å². The molecule has 2 rings (SSSR count). The van der Waals surface area contributed by atoms with Crippen LogP contribution in [0.4, 0.5) is 11.4 Å². The minimum Gasteiger partial charge on any atom is -0.419 e. The highest BCUT2D eigenvalue weighted by Crippen LogP contribution is 2.31. The van der Waals surface area contributed by atoms with Crippen LogP contribution >= 0.6 is 23.2 Å². The Bertz CT molecular complexity index is 872. The van der Waals surface area contributed by atoms with Crippen LogP contribution in [0.25, 0.3) is 0 Å². The van der Waals surface area contributed by atoms with Crippen molar-refractivity contribution in [1.29, 1.82) is 0 Å². The lowest BCUT2D eigenvalue weighted by atomic mass is 10.3. The molecule has 0 bridgehead atoms. The Kier molecular flexibility index (Phi) is 6.27. The molecular formula is C15H8Cl2N2O8. The van der Waals surface area contributed by atoms with Gasteiger partial charge in [0.15, 0.2) is 0 Å². The van der Waals surface area contributed by atoms with Crippen LogP contribution < -0.4 is 9.47 Å². The topological polar surface area (TPSA) is 139 Å². The molecule has 0 N–H and O–H groups in total. The summed E-state index contributed by atoms with van der Waals surface area (Å²) in [6.07, 6.45) is -0.945. The number of nitro benzene ring substituents is 2. The molecular weight excluding hydrogens is 407 g/mol. The highest BCUT2D eigenvalue weighted by atomic mass is 35.5. The highest BCUT2D eigenvalue weighted by Gasteiger charge is 2.23. The zero-order chi connectivity index (χ0) is 20.1. The highest BCUT2D eigenvalue weighted by molar-refractivity contribution is 6.31. The first-order valence-corrected chi connectivity index (χ1v) is 7.72. The van der Waals surface area contributed by atoms with E-state index in [1.807, 2.05) is 0 Å². The van der Waals surface area contributed by atoms with Gasteiger partial charge in [0.25, 0.3) is 0 Å². The largest absolute Gasteiger partial charge is 0.419 e. The van der Waals surface area contributed by atoms with Gasteiger partial charge in [-0.05, 0) is 24.3 Å². The SMILES string of the molecule is O=C(CC(=O)Oc1ccc(Cl)cc1[N+](=O)[O-])Oc1ccc(Cl)cc1[N+](=O)[O-]. The number of nitro groups is 2. The molecule has 0 unspecified atom stereocenters. The predicted octanol–water partition coefficient (Wildman–Crippen LogP) is 3.71. The average molecular weight is 415 g/mol. The van der Waals surface area contributed by atoms with Gasteiger partial charge in [0.1, 0.15) is 6.42 Å². The first-order valence-electron chi connectivity index (χ1n) is 6.96. The summed E-state index contributed by atoms with van der Waals surface area (Å²) in [7, 11) is 0. The molecule has 0 aromatic heterocycles. The Balaban J connectivity index is 2.08. The monoisotopic (exact) mass is 414 g/mol. The van der Waals surface area contributed by atoms with Crippen molar-refractivity contribution in [3.63, 3.8) is 0 Å². The molecule has 0 atom stereocenters. The summed E-state index contributed by atoms with van der Waals surface area (Å²) in [6.45, 7) is 0. The molecule has 10 nitrogen and oxygen atoms in total. The molecule has 140 valence electrons. The van der Waals surface area contributed by atoms with Gasteiger partial charge in [0.2, 0.25) is 11.5 Å². The van der Waals surface area contributed by atoms with Crippen molar-refractivity contribution in [2.24, 2.45) is 0 Å². The standard InChI is InChI=1S/C15H8Cl2N2O8/c16-8-1-3-12(10(5-8)18(22)23)26-14(20)7-15(21)27-13-4-2-9(17)6-11(13)19(24)25/h1-6H,7H2. The summed E-state index contributed by atoms with van der Waals surface area (Å²) >= 11 is 11.3.